The van der Waals surface area contributed by atoms with Crippen molar-refractivity contribution in [2.75, 3.05) is 13.1 Å². The second-order valence-electron chi connectivity index (χ2n) is 7.25. The van der Waals surface area contributed by atoms with Crippen LogP contribution in [0.1, 0.15) is 48.4 Å². The zero-order valence-electron chi connectivity index (χ0n) is 14.5. The van der Waals surface area contributed by atoms with Crippen molar-refractivity contribution in [3.8, 4) is 0 Å². The van der Waals surface area contributed by atoms with Crippen LogP contribution < -0.4 is 5.32 Å². The van der Waals surface area contributed by atoms with Crippen LogP contribution in [0.25, 0.3) is 0 Å². The average molecular weight is 320 g/mol. The van der Waals surface area contributed by atoms with E-state index < -0.39 is 0 Å². The highest BCUT2D eigenvalue weighted by Gasteiger charge is 2.33. The molecule has 2 aliphatic rings. The SMILES string of the molecule is c1ccc(CNC2CCCc3ccccc3C2N2CCCC2)cc1. The third-order valence-electron chi connectivity index (χ3n) is 5.66. The first-order valence-corrected chi connectivity index (χ1v) is 9.51. The standard InChI is InChI=1S/C22H28N2/c1-2-9-18(10-3-1)17-23-21-14-8-12-19-11-4-5-13-20(19)22(21)24-15-6-7-16-24/h1-5,9-11,13,21-23H,6-8,12,14-17H2. The van der Waals surface area contributed by atoms with E-state index in [0.29, 0.717) is 12.1 Å². The summed E-state index contributed by atoms with van der Waals surface area (Å²) in [5.74, 6) is 0. The fraction of sp³-hybridized carbons (Fsp3) is 0.455. The third-order valence-corrected chi connectivity index (χ3v) is 5.66. The van der Waals surface area contributed by atoms with Crippen LogP contribution >= 0.6 is 0 Å². The molecule has 1 aliphatic carbocycles. The van der Waals surface area contributed by atoms with Gasteiger partial charge in [0, 0.05) is 12.6 Å². The second kappa shape index (κ2) is 7.50. The van der Waals surface area contributed by atoms with Crippen LogP contribution in [0.2, 0.25) is 0 Å². The first kappa shape index (κ1) is 15.9. The van der Waals surface area contributed by atoms with Crippen LogP contribution in [0.4, 0.5) is 0 Å². The van der Waals surface area contributed by atoms with Crippen molar-refractivity contribution in [3.63, 3.8) is 0 Å². The van der Waals surface area contributed by atoms with Gasteiger partial charge in [0.25, 0.3) is 0 Å². The van der Waals surface area contributed by atoms with E-state index in [-0.39, 0.29) is 0 Å². The van der Waals surface area contributed by atoms with Crippen molar-refractivity contribution in [1.29, 1.82) is 0 Å². The van der Waals surface area contributed by atoms with Gasteiger partial charge in [0.2, 0.25) is 0 Å². The molecule has 1 aliphatic heterocycles. The Morgan fingerprint density at radius 3 is 2.46 bits per heavy atom. The molecule has 1 saturated heterocycles. The lowest BCUT2D eigenvalue weighted by Crippen LogP contribution is -2.42. The number of nitrogens with one attached hydrogen (secondary N) is 1. The molecule has 1 heterocycles. The Bertz CT molecular complexity index is 646. The van der Waals surface area contributed by atoms with Crippen LogP contribution in [0.5, 0.6) is 0 Å². The van der Waals surface area contributed by atoms with E-state index in [1.807, 2.05) is 0 Å². The van der Waals surface area contributed by atoms with Crippen LogP contribution in [-0.2, 0) is 13.0 Å². The van der Waals surface area contributed by atoms with Gasteiger partial charge in [-0.3, -0.25) is 4.90 Å². The summed E-state index contributed by atoms with van der Waals surface area (Å²) < 4.78 is 0. The molecular formula is C22H28N2. The minimum atomic E-state index is 0.537. The number of hydrogen-bond acceptors (Lipinski definition) is 2. The molecule has 2 aromatic rings. The Hall–Kier alpha value is -1.64. The number of benzene rings is 2. The summed E-state index contributed by atoms with van der Waals surface area (Å²) in [7, 11) is 0. The first-order valence-electron chi connectivity index (χ1n) is 9.51. The molecule has 0 spiro atoms. The van der Waals surface area contributed by atoms with E-state index in [1.165, 1.54) is 50.8 Å². The van der Waals surface area contributed by atoms with Gasteiger partial charge in [-0.2, -0.15) is 0 Å². The fourth-order valence-electron chi connectivity index (χ4n) is 4.47. The Balaban J connectivity index is 1.58. The Morgan fingerprint density at radius 2 is 1.62 bits per heavy atom. The molecule has 2 unspecified atom stereocenters. The summed E-state index contributed by atoms with van der Waals surface area (Å²) in [5, 5.41) is 3.90. The summed E-state index contributed by atoms with van der Waals surface area (Å²) in [6.45, 7) is 3.48. The second-order valence-corrected chi connectivity index (χ2v) is 7.25. The predicted molar refractivity (Wildman–Crippen MR) is 100.0 cm³/mol. The topological polar surface area (TPSA) is 15.3 Å². The summed E-state index contributed by atoms with van der Waals surface area (Å²) >= 11 is 0. The average Bonchev–Trinajstić information content (AvgIpc) is 3.09. The maximum atomic E-state index is 3.90. The molecular weight excluding hydrogens is 292 g/mol. The van der Waals surface area contributed by atoms with Gasteiger partial charge in [0.15, 0.2) is 0 Å². The number of aryl methyl sites for hydroxylation is 1. The predicted octanol–water partition coefficient (Wildman–Crippen LogP) is 4.32. The summed E-state index contributed by atoms with van der Waals surface area (Å²) in [6.07, 6.45) is 6.48. The van der Waals surface area contributed by atoms with Crippen LogP contribution in [0.15, 0.2) is 54.6 Å². The maximum Gasteiger partial charge on any atom is 0.0504 e. The van der Waals surface area contributed by atoms with Crippen LogP contribution in [0.3, 0.4) is 0 Å². The van der Waals surface area contributed by atoms with E-state index in [2.05, 4.69) is 64.8 Å². The summed E-state index contributed by atoms with van der Waals surface area (Å²) in [4.78, 5) is 2.73. The van der Waals surface area contributed by atoms with Crippen LogP contribution in [0, 0.1) is 0 Å². The number of nitrogens with zero attached hydrogens (tertiary/aromatic N) is 1. The molecule has 2 atom stereocenters. The van der Waals surface area contributed by atoms with Gasteiger partial charge < -0.3 is 5.32 Å². The highest BCUT2D eigenvalue weighted by molar-refractivity contribution is 5.33. The van der Waals surface area contributed by atoms with Crippen LogP contribution in [-0.4, -0.2) is 24.0 Å². The van der Waals surface area contributed by atoms with Crippen molar-refractivity contribution in [2.24, 2.45) is 0 Å². The first-order chi connectivity index (χ1) is 11.9. The molecule has 2 nitrogen and oxygen atoms in total. The van der Waals surface area contributed by atoms with Gasteiger partial charge in [0.05, 0.1) is 6.04 Å². The van der Waals surface area contributed by atoms with Crippen molar-refractivity contribution >= 4 is 0 Å². The lowest BCUT2D eigenvalue weighted by Gasteiger charge is -2.35. The molecule has 4 rings (SSSR count). The minimum Gasteiger partial charge on any atom is -0.308 e. The molecule has 0 bridgehead atoms. The summed E-state index contributed by atoms with van der Waals surface area (Å²) in [5.41, 5.74) is 4.52. The van der Waals surface area contributed by atoms with Crippen molar-refractivity contribution in [1.82, 2.24) is 10.2 Å². The number of hydrogen-bond donors (Lipinski definition) is 1. The smallest absolute Gasteiger partial charge is 0.0504 e. The normalized spacial score (nSPS) is 24.5. The minimum absolute atomic E-state index is 0.537. The van der Waals surface area contributed by atoms with Gasteiger partial charge in [-0.05, 0) is 61.9 Å². The largest absolute Gasteiger partial charge is 0.308 e. The Morgan fingerprint density at radius 1 is 0.875 bits per heavy atom. The van der Waals surface area contributed by atoms with Crippen molar-refractivity contribution in [3.05, 3.63) is 71.3 Å². The van der Waals surface area contributed by atoms with Crippen molar-refractivity contribution in [2.45, 2.75) is 50.7 Å². The molecule has 0 radical (unpaired) electrons. The highest BCUT2D eigenvalue weighted by atomic mass is 15.2. The zero-order chi connectivity index (χ0) is 16.2. The van der Waals surface area contributed by atoms with Gasteiger partial charge in [-0.15, -0.1) is 0 Å². The van der Waals surface area contributed by atoms with Gasteiger partial charge >= 0.3 is 0 Å². The molecule has 1 fully saturated rings. The molecule has 24 heavy (non-hydrogen) atoms. The summed E-state index contributed by atoms with van der Waals surface area (Å²) in [6, 6.07) is 21.1. The van der Waals surface area contributed by atoms with Gasteiger partial charge in [0.1, 0.15) is 0 Å². The van der Waals surface area contributed by atoms with Crippen molar-refractivity contribution < 1.29 is 0 Å². The number of likely N-dealkylation sites (tertiary alicyclic amines) is 1. The monoisotopic (exact) mass is 320 g/mol. The zero-order valence-corrected chi connectivity index (χ0v) is 14.5. The molecule has 2 heteroatoms. The quantitative estimate of drug-likeness (QED) is 0.844. The van der Waals surface area contributed by atoms with E-state index in [4.69, 9.17) is 0 Å². The maximum absolute atomic E-state index is 3.90. The molecule has 1 N–H and O–H groups in total. The highest BCUT2D eigenvalue weighted by Crippen LogP contribution is 2.35. The number of rotatable bonds is 4. The van der Waals surface area contributed by atoms with E-state index in [9.17, 15) is 0 Å². The third kappa shape index (κ3) is 3.40. The lowest BCUT2D eigenvalue weighted by molar-refractivity contribution is 0.187. The van der Waals surface area contributed by atoms with Gasteiger partial charge in [-0.25, -0.2) is 0 Å². The van der Waals surface area contributed by atoms with E-state index >= 15 is 0 Å². The molecule has 0 aromatic heterocycles. The van der Waals surface area contributed by atoms with Gasteiger partial charge in [-0.1, -0.05) is 54.6 Å². The van der Waals surface area contributed by atoms with E-state index in [0.717, 1.165) is 6.54 Å². The molecule has 0 saturated carbocycles. The molecule has 2 aromatic carbocycles. The number of fused-ring (bicyclic) bond motifs is 1. The fourth-order valence-corrected chi connectivity index (χ4v) is 4.47. The van der Waals surface area contributed by atoms with E-state index in [1.54, 1.807) is 11.1 Å². The lowest BCUT2D eigenvalue weighted by atomic mass is 9.94. The molecule has 126 valence electrons. The molecule has 0 amide bonds. The Kier molecular flexibility index (Phi) is 4.96. The Labute approximate surface area is 145 Å².